The zero-order chi connectivity index (χ0) is 27.4. The summed E-state index contributed by atoms with van der Waals surface area (Å²) in [5.74, 6) is -2.89. The molecule has 0 amide bonds. The Balaban J connectivity index is 1.85. The van der Waals surface area contributed by atoms with Gasteiger partial charge in [0.05, 0.1) is 27.4 Å². The van der Waals surface area contributed by atoms with Crippen LogP contribution in [0.5, 0.6) is 11.6 Å². The van der Waals surface area contributed by atoms with Crippen LogP contribution < -0.4 is 14.2 Å². The number of alkyl halides is 3. The maximum absolute atomic E-state index is 15.5. The third-order valence-electron chi connectivity index (χ3n) is 5.48. The van der Waals surface area contributed by atoms with Crippen molar-refractivity contribution in [2.75, 3.05) is 6.54 Å². The quantitative estimate of drug-likeness (QED) is 0.166. The van der Waals surface area contributed by atoms with Crippen molar-refractivity contribution in [1.29, 1.82) is 0 Å². The highest BCUT2D eigenvalue weighted by atomic mass is 32.2. The van der Waals surface area contributed by atoms with Crippen LogP contribution in [0.4, 0.5) is 22.0 Å². The maximum Gasteiger partial charge on any atom is 0.534 e. The highest BCUT2D eigenvalue weighted by Crippen LogP contribution is 2.48. The van der Waals surface area contributed by atoms with Gasteiger partial charge in [-0.3, -0.25) is 0 Å². The summed E-state index contributed by atoms with van der Waals surface area (Å²) in [6.07, 6.45) is 0.0869. The van der Waals surface area contributed by atoms with Gasteiger partial charge in [0.2, 0.25) is 5.88 Å². The third kappa shape index (κ3) is 4.83. The Morgan fingerprint density at radius 1 is 1.13 bits per heavy atom. The molecule has 38 heavy (non-hydrogen) atoms. The van der Waals surface area contributed by atoms with E-state index < -0.39 is 39.2 Å². The lowest BCUT2D eigenvalue weighted by atomic mass is 10.0. The Hall–Kier alpha value is -2.88. The number of nitrogens with one attached hydrogen (secondary N) is 1. The Morgan fingerprint density at radius 2 is 1.89 bits per heavy atom. The fourth-order valence-electron chi connectivity index (χ4n) is 3.96. The number of fused-ring (bicyclic) bond motifs is 2. The molecule has 0 unspecified atom stereocenters. The normalized spacial score (nSPS) is 14.2. The van der Waals surface area contributed by atoms with Crippen molar-refractivity contribution in [1.82, 2.24) is 15.3 Å². The fraction of sp³-hybridized carbons (Fsp3) is 0.304. The summed E-state index contributed by atoms with van der Waals surface area (Å²) in [5, 5.41) is 4.75. The van der Waals surface area contributed by atoms with E-state index in [0.29, 0.717) is 25.6 Å². The molecule has 1 aliphatic heterocycles. The van der Waals surface area contributed by atoms with Crippen LogP contribution in [-0.4, -0.2) is 36.5 Å². The Labute approximate surface area is 221 Å². The molecular formula is C23H18F5N3O4S3. The van der Waals surface area contributed by atoms with Gasteiger partial charge < -0.3 is 14.2 Å². The molecule has 0 saturated heterocycles. The molecule has 5 rings (SSSR count). The summed E-state index contributed by atoms with van der Waals surface area (Å²) in [4.78, 5) is 9.58. The Bertz CT molecular complexity index is 1620. The van der Waals surface area contributed by atoms with E-state index in [0.717, 1.165) is 28.0 Å². The molecule has 0 saturated carbocycles. The molecule has 3 aromatic heterocycles. The van der Waals surface area contributed by atoms with Crippen LogP contribution in [0.1, 0.15) is 24.4 Å². The molecule has 4 aromatic rings. The lowest BCUT2D eigenvalue weighted by molar-refractivity contribution is -0.0500. The van der Waals surface area contributed by atoms with Crippen molar-refractivity contribution in [2.24, 2.45) is 0 Å². The van der Waals surface area contributed by atoms with Gasteiger partial charge in [0.1, 0.15) is 28.1 Å². The van der Waals surface area contributed by atoms with Crippen LogP contribution in [0, 0.1) is 11.6 Å². The fourth-order valence-corrected chi connectivity index (χ4v) is 6.41. The van der Waals surface area contributed by atoms with Gasteiger partial charge in [-0.1, -0.05) is 0 Å². The summed E-state index contributed by atoms with van der Waals surface area (Å²) in [6, 6.07) is 2.96. The minimum atomic E-state index is -6.07. The highest BCUT2D eigenvalue weighted by molar-refractivity contribution is 7.88. The maximum atomic E-state index is 15.5. The molecule has 0 radical (unpaired) electrons. The van der Waals surface area contributed by atoms with Crippen LogP contribution in [0.25, 0.3) is 31.9 Å². The third-order valence-corrected chi connectivity index (χ3v) is 8.46. The molecule has 0 atom stereocenters. The second kappa shape index (κ2) is 9.70. The van der Waals surface area contributed by atoms with E-state index in [1.54, 1.807) is 13.8 Å². The van der Waals surface area contributed by atoms with E-state index in [4.69, 9.17) is 4.74 Å². The number of ether oxygens (including phenoxy) is 1. The van der Waals surface area contributed by atoms with Gasteiger partial charge in [0.15, 0.2) is 0 Å². The van der Waals surface area contributed by atoms with E-state index in [1.165, 1.54) is 22.8 Å². The number of hydrogen-bond donors (Lipinski definition) is 1. The second-order valence-corrected chi connectivity index (χ2v) is 12.1. The second-order valence-electron chi connectivity index (χ2n) is 8.53. The van der Waals surface area contributed by atoms with Crippen LogP contribution in [-0.2, 0) is 23.1 Å². The van der Waals surface area contributed by atoms with Gasteiger partial charge in [-0.2, -0.15) is 21.6 Å². The number of nitrogens with zero attached hydrogens (tertiary/aromatic N) is 2. The van der Waals surface area contributed by atoms with Gasteiger partial charge >= 0.3 is 15.6 Å². The largest absolute Gasteiger partial charge is 0.534 e. The molecule has 0 aliphatic carbocycles. The number of thiazole rings is 1. The van der Waals surface area contributed by atoms with E-state index in [1.807, 2.05) is 0 Å². The molecule has 0 fully saturated rings. The predicted molar refractivity (Wildman–Crippen MR) is 133 cm³/mol. The van der Waals surface area contributed by atoms with E-state index in [2.05, 4.69) is 19.5 Å². The SMILES string of the molecule is CC(C)Oc1cc(F)cc(F)c1-c1c(-c2nc3c(s2)CNCC3)nc(OS(=O)(=O)C(F)(F)F)c2ccsc12. The van der Waals surface area contributed by atoms with Gasteiger partial charge in [0.25, 0.3) is 0 Å². The predicted octanol–water partition coefficient (Wildman–Crippen LogP) is 6.03. The van der Waals surface area contributed by atoms with Crippen molar-refractivity contribution in [3.8, 4) is 33.5 Å². The number of hydrogen-bond acceptors (Lipinski definition) is 9. The molecule has 1 aromatic carbocycles. The van der Waals surface area contributed by atoms with E-state index in [9.17, 15) is 26.0 Å². The molecule has 0 bridgehead atoms. The summed E-state index contributed by atoms with van der Waals surface area (Å²) in [5.41, 5.74) is -5.22. The van der Waals surface area contributed by atoms with Gasteiger partial charge in [0, 0.05) is 42.1 Å². The van der Waals surface area contributed by atoms with Crippen molar-refractivity contribution >= 4 is 42.9 Å². The van der Waals surface area contributed by atoms with E-state index in [-0.39, 0.29) is 37.7 Å². The first-order valence-electron chi connectivity index (χ1n) is 11.1. The Morgan fingerprint density at radius 3 is 2.58 bits per heavy atom. The Kier molecular flexibility index (Phi) is 6.82. The molecule has 0 spiro atoms. The van der Waals surface area contributed by atoms with Crippen molar-refractivity contribution in [3.05, 3.63) is 45.8 Å². The van der Waals surface area contributed by atoms with Crippen molar-refractivity contribution < 1.29 is 39.3 Å². The van der Waals surface area contributed by atoms with Crippen molar-refractivity contribution in [3.63, 3.8) is 0 Å². The van der Waals surface area contributed by atoms with Crippen LogP contribution in [0.2, 0.25) is 0 Å². The lowest BCUT2D eigenvalue weighted by Gasteiger charge is -2.18. The van der Waals surface area contributed by atoms with Gasteiger partial charge in [-0.05, 0) is 25.3 Å². The summed E-state index contributed by atoms with van der Waals surface area (Å²) < 4.78 is 103. The minimum absolute atomic E-state index is 0.0685. The van der Waals surface area contributed by atoms with Crippen LogP contribution >= 0.6 is 22.7 Å². The summed E-state index contributed by atoms with van der Waals surface area (Å²) >= 11 is 2.17. The minimum Gasteiger partial charge on any atom is -0.490 e. The van der Waals surface area contributed by atoms with Crippen molar-refractivity contribution in [2.45, 2.75) is 38.4 Å². The summed E-state index contributed by atoms with van der Waals surface area (Å²) in [7, 11) is -6.07. The van der Waals surface area contributed by atoms with Crippen LogP contribution in [0.3, 0.4) is 0 Å². The molecule has 1 aliphatic rings. The first kappa shape index (κ1) is 26.7. The number of pyridine rings is 1. The number of aromatic nitrogens is 2. The molecule has 202 valence electrons. The van der Waals surface area contributed by atoms with Gasteiger partial charge in [-0.15, -0.1) is 22.7 Å². The zero-order valence-electron chi connectivity index (χ0n) is 19.7. The van der Waals surface area contributed by atoms with Crippen LogP contribution in [0.15, 0.2) is 23.6 Å². The number of halogens is 5. The molecule has 7 nitrogen and oxygen atoms in total. The van der Waals surface area contributed by atoms with Gasteiger partial charge in [-0.25, -0.2) is 18.7 Å². The van der Waals surface area contributed by atoms with E-state index >= 15 is 4.39 Å². The molecule has 4 heterocycles. The summed E-state index contributed by atoms with van der Waals surface area (Å²) in [6.45, 7) is 4.46. The lowest BCUT2D eigenvalue weighted by Crippen LogP contribution is -2.28. The molecule has 15 heteroatoms. The standard InChI is InChI=1S/C23H18F5N3O4S3/c1-10(2)34-15-8-11(24)7-13(25)17(15)18-19(22-30-14-3-5-29-9-16(14)37-22)31-21(12-4-6-36-20(12)18)35-38(32,33)23(26,27)28/h4,6-8,10,29H,3,5,9H2,1-2H3. The molecular weight excluding hydrogens is 573 g/mol. The monoisotopic (exact) mass is 591 g/mol. The number of rotatable bonds is 6. The first-order valence-corrected chi connectivity index (χ1v) is 14.2. The topological polar surface area (TPSA) is 90.4 Å². The zero-order valence-corrected chi connectivity index (χ0v) is 22.1. The first-order chi connectivity index (χ1) is 17.9. The smallest absolute Gasteiger partial charge is 0.490 e. The average molecular weight is 592 g/mol. The number of thiophene rings is 1. The molecule has 1 N–H and O–H groups in total. The average Bonchev–Trinajstić information content (AvgIpc) is 3.45. The number of benzene rings is 1. The highest BCUT2D eigenvalue weighted by Gasteiger charge is 2.49.